The van der Waals surface area contributed by atoms with E-state index in [1.165, 1.54) is 6.07 Å². The van der Waals surface area contributed by atoms with Crippen LogP contribution < -0.4 is 15.7 Å². The molecule has 2 aromatic carbocycles. The van der Waals surface area contributed by atoms with E-state index < -0.39 is 5.63 Å². The second-order valence-electron chi connectivity index (χ2n) is 5.86. The number of rotatable bonds is 5. The van der Waals surface area contributed by atoms with Gasteiger partial charge in [0, 0.05) is 29.6 Å². The summed E-state index contributed by atoms with van der Waals surface area (Å²) in [6.45, 7) is 1.85. The van der Waals surface area contributed by atoms with Gasteiger partial charge < -0.3 is 14.5 Å². The number of carbonyl (C=O) groups excluding carboxylic acids is 1. The van der Waals surface area contributed by atoms with Gasteiger partial charge in [0.05, 0.1) is 7.11 Å². The average molecular weight is 337 g/mol. The quantitative estimate of drug-likeness (QED) is 0.721. The first kappa shape index (κ1) is 16.8. The molecule has 3 aromatic rings. The minimum Gasteiger partial charge on any atom is -0.497 e. The van der Waals surface area contributed by atoms with Gasteiger partial charge in [-0.3, -0.25) is 4.79 Å². The van der Waals surface area contributed by atoms with Gasteiger partial charge in [0.15, 0.2) is 0 Å². The molecule has 0 bridgehead atoms. The summed E-state index contributed by atoms with van der Waals surface area (Å²) < 4.78 is 10.3. The van der Waals surface area contributed by atoms with Crippen molar-refractivity contribution < 1.29 is 13.9 Å². The van der Waals surface area contributed by atoms with E-state index in [1.54, 1.807) is 19.2 Å². The summed E-state index contributed by atoms with van der Waals surface area (Å²) in [7, 11) is 1.62. The molecule has 0 aliphatic heterocycles. The van der Waals surface area contributed by atoms with Crippen molar-refractivity contribution in [2.24, 2.45) is 0 Å². The Bertz CT molecular complexity index is 958. The summed E-state index contributed by atoms with van der Waals surface area (Å²) in [5.41, 5.74) is 2.60. The minimum absolute atomic E-state index is 0.0924. The van der Waals surface area contributed by atoms with Crippen LogP contribution in [-0.2, 0) is 11.2 Å². The van der Waals surface area contributed by atoms with Crippen LogP contribution in [0.1, 0.15) is 17.5 Å². The molecule has 0 saturated heterocycles. The number of methoxy groups -OCH3 is 1. The highest BCUT2D eigenvalue weighted by molar-refractivity contribution is 5.93. The first-order valence-corrected chi connectivity index (χ1v) is 8.02. The lowest BCUT2D eigenvalue weighted by Crippen LogP contribution is -2.12. The van der Waals surface area contributed by atoms with Crippen LogP contribution in [0, 0.1) is 6.92 Å². The Morgan fingerprint density at radius 2 is 1.88 bits per heavy atom. The van der Waals surface area contributed by atoms with Crippen molar-refractivity contribution in [2.45, 2.75) is 19.8 Å². The predicted molar refractivity (Wildman–Crippen MR) is 97.2 cm³/mol. The van der Waals surface area contributed by atoms with Crippen molar-refractivity contribution in [3.8, 4) is 5.75 Å². The van der Waals surface area contributed by atoms with Crippen LogP contribution in [0.25, 0.3) is 11.0 Å². The van der Waals surface area contributed by atoms with E-state index in [0.29, 0.717) is 24.1 Å². The monoisotopic (exact) mass is 337 g/mol. The van der Waals surface area contributed by atoms with E-state index in [1.807, 2.05) is 37.3 Å². The smallest absolute Gasteiger partial charge is 0.336 e. The fourth-order valence-electron chi connectivity index (χ4n) is 2.68. The summed E-state index contributed by atoms with van der Waals surface area (Å²) in [5, 5.41) is 3.70. The van der Waals surface area contributed by atoms with Gasteiger partial charge in [0.1, 0.15) is 11.3 Å². The Morgan fingerprint density at radius 1 is 1.12 bits per heavy atom. The fraction of sp³-hybridized carbons (Fsp3) is 0.200. The minimum atomic E-state index is -0.395. The number of hydrogen-bond donors (Lipinski definition) is 1. The standard InChI is InChI=1S/C20H19NO4/c1-13-11-20(23)25-18-12-15(6-9-17(13)18)21-19(22)10-5-14-3-7-16(24-2)8-4-14/h3-4,6-9,11-12H,5,10H2,1-2H3,(H,21,22). The lowest BCUT2D eigenvalue weighted by atomic mass is 10.1. The molecule has 25 heavy (non-hydrogen) atoms. The van der Waals surface area contributed by atoms with Crippen LogP contribution in [0.2, 0.25) is 0 Å². The van der Waals surface area contributed by atoms with Crippen LogP contribution in [0.5, 0.6) is 5.75 Å². The number of anilines is 1. The van der Waals surface area contributed by atoms with Crippen molar-refractivity contribution >= 4 is 22.6 Å². The number of hydrogen-bond acceptors (Lipinski definition) is 4. The molecule has 0 atom stereocenters. The number of amides is 1. The highest BCUT2D eigenvalue weighted by Gasteiger charge is 2.07. The summed E-state index contributed by atoms with van der Waals surface area (Å²) in [6.07, 6.45) is 1.000. The molecule has 0 fully saturated rings. The van der Waals surface area contributed by atoms with Crippen molar-refractivity contribution in [1.29, 1.82) is 0 Å². The lowest BCUT2D eigenvalue weighted by molar-refractivity contribution is -0.116. The average Bonchev–Trinajstić information content (AvgIpc) is 2.60. The molecule has 5 heteroatoms. The van der Waals surface area contributed by atoms with E-state index in [9.17, 15) is 9.59 Å². The third-order valence-electron chi connectivity index (χ3n) is 4.03. The molecule has 0 spiro atoms. The number of nitrogens with one attached hydrogen (secondary N) is 1. The molecular weight excluding hydrogens is 318 g/mol. The molecule has 5 nitrogen and oxygen atoms in total. The lowest BCUT2D eigenvalue weighted by Gasteiger charge is -2.07. The molecule has 1 heterocycles. The SMILES string of the molecule is COc1ccc(CCC(=O)Nc2ccc3c(C)cc(=O)oc3c2)cc1. The summed E-state index contributed by atoms with van der Waals surface area (Å²) in [6, 6.07) is 14.4. The highest BCUT2D eigenvalue weighted by Crippen LogP contribution is 2.21. The Morgan fingerprint density at radius 3 is 2.60 bits per heavy atom. The first-order valence-electron chi connectivity index (χ1n) is 8.02. The van der Waals surface area contributed by atoms with Gasteiger partial charge in [-0.15, -0.1) is 0 Å². The largest absolute Gasteiger partial charge is 0.497 e. The second kappa shape index (κ2) is 7.21. The van der Waals surface area contributed by atoms with E-state index in [2.05, 4.69) is 5.32 Å². The second-order valence-corrected chi connectivity index (χ2v) is 5.86. The maximum absolute atomic E-state index is 12.2. The first-order chi connectivity index (χ1) is 12.0. The number of ether oxygens (including phenoxy) is 1. The zero-order chi connectivity index (χ0) is 17.8. The molecule has 0 aliphatic rings. The van der Waals surface area contributed by atoms with E-state index in [-0.39, 0.29) is 5.91 Å². The summed E-state index contributed by atoms with van der Waals surface area (Å²) >= 11 is 0. The predicted octanol–water partition coefficient (Wildman–Crippen LogP) is 3.68. The Labute approximate surface area is 145 Å². The third-order valence-corrected chi connectivity index (χ3v) is 4.03. The van der Waals surface area contributed by atoms with Gasteiger partial charge in [-0.25, -0.2) is 4.79 Å². The number of benzene rings is 2. The van der Waals surface area contributed by atoms with Gasteiger partial charge >= 0.3 is 5.63 Å². The van der Waals surface area contributed by atoms with E-state index in [0.717, 1.165) is 22.3 Å². The Hall–Kier alpha value is -3.08. The molecule has 0 saturated carbocycles. The van der Waals surface area contributed by atoms with Crippen LogP contribution in [-0.4, -0.2) is 13.0 Å². The van der Waals surface area contributed by atoms with Gasteiger partial charge in [0.2, 0.25) is 5.91 Å². The fourth-order valence-corrected chi connectivity index (χ4v) is 2.68. The molecule has 1 aromatic heterocycles. The van der Waals surface area contributed by atoms with Crippen LogP contribution in [0.15, 0.2) is 57.7 Å². The number of aryl methyl sites for hydroxylation is 2. The molecule has 0 radical (unpaired) electrons. The summed E-state index contributed by atoms with van der Waals surface area (Å²) in [5.74, 6) is 0.700. The zero-order valence-electron chi connectivity index (χ0n) is 14.2. The van der Waals surface area contributed by atoms with E-state index >= 15 is 0 Å². The van der Waals surface area contributed by atoms with Crippen LogP contribution in [0.4, 0.5) is 5.69 Å². The molecule has 0 unspecified atom stereocenters. The molecule has 128 valence electrons. The van der Waals surface area contributed by atoms with Crippen molar-refractivity contribution in [3.05, 3.63) is 70.1 Å². The van der Waals surface area contributed by atoms with Gasteiger partial charge in [-0.2, -0.15) is 0 Å². The molecule has 3 rings (SSSR count). The normalized spacial score (nSPS) is 10.6. The van der Waals surface area contributed by atoms with Crippen LogP contribution >= 0.6 is 0 Å². The zero-order valence-corrected chi connectivity index (χ0v) is 14.2. The maximum Gasteiger partial charge on any atom is 0.336 e. The Kier molecular flexibility index (Phi) is 4.84. The van der Waals surface area contributed by atoms with E-state index in [4.69, 9.17) is 9.15 Å². The molecule has 1 N–H and O–H groups in total. The Balaban J connectivity index is 1.66. The van der Waals surface area contributed by atoms with Gasteiger partial charge in [-0.05, 0) is 48.7 Å². The van der Waals surface area contributed by atoms with Gasteiger partial charge in [-0.1, -0.05) is 12.1 Å². The molecule has 1 amide bonds. The van der Waals surface area contributed by atoms with Crippen molar-refractivity contribution in [1.82, 2.24) is 0 Å². The number of carbonyl (C=O) groups is 1. The van der Waals surface area contributed by atoms with Crippen molar-refractivity contribution in [3.63, 3.8) is 0 Å². The highest BCUT2D eigenvalue weighted by atomic mass is 16.5. The topological polar surface area (TPSA) is 68.5 Å². The summed E-state index contributed by atoms with van der Waals surface area (Å²) in [4.78, 5) is 23.6. The third kappa shape index (κ3) is 4.07. The molecular formula is C20H19NO4. The van der Waals surface area contributed by atoms with Crippen molar-refractivity contribution in [2.75, 3.05) is 12.4 Å². The van der Waals surface area contributed by atoms with Crippen LogP contribution in [0.3, 0.4) is 0 Å². The van der Waals surface area contributed by atoms with Gasteiger partial charge in [0.25, 0.3) is 0 Å². The molecule has 0 aliphatic carbocycles. The number of fused-ring (bicyclic) bond motifs is 1. The maximum atomic E-state index is 12.2.